The van der Waals surface area contributed by atoms with Gasteiger partial charge in [-0.05, 0) is 145 Å². The smallest absolute Gasteiger partial charge is 0.0294 e. The van der Waals surface area contributed by atoms with Crippen molar-refractivity contribution in [3.63, 3.8) is 0 Å². The summed E-state index contributed by atoms with van der Waals surface area (Å²) in [5.74, 6) is 0. The van der Waals surface area contributed by atoms with E-state index < -0.39 is 0 Å². The first-order valence-corrected chi connectivity index (χ1v) is 17.9. The van der Waals surface area contributed by atoms with E-state index in [1.165, 1.54) is 102 Å². The molecule has 0 unspecified atom stereocenters. The molecular formula is C48H29I. The van der Waals surface area contributed by atoms with Gasteiger partial charge in [0, 0.05) is 9.13 Å². The van der Waals surface area contributed by atoms with Gasteiger partial charge in [0.2, 0.25) is 0 Å². The molecule has 0 aliphatic carbocycles. The van der Waals surface area contributed by atoms with Gasteiger partial charge in [-0.1, -0.05) is 146 Å². The summed E-state index contributed by atoms with van der Waals surface area (Å²) in [5, 5.41) is 15.3. The van der Waals surface area contributed by atoms with Crippen LogP contribution in [0.25, 0.3) is 98.0 Å². The molecule has 0 atom stereocenters. The Balaban J connectivity index is 1.29. The maximum absolute atomic E-state index is 2.63. The van der Waals surface area contributed by atoms with E-state index in [-0.39, 0.29) is 0 Å². The van der Waals surface area contributed by atoms with Gasteiger partial charge < -0.3 is 0 Å². The van der Waals surface area contributed by atoms with E-state index in [9.17, 15) is 0 Å². The van der Waals surface area contributed by atoms with Gasteiger partial charge in [0.15, 0.2) is 0 Å². The van der Waals surface area contributed by atoms with E-state index >= 15 is 0 Å². The van der Waals surface area contributed by atoms with Crippen LogP contribution in [0.3, 0.4) is 0 Å². The first kappa shape index (κ1) is 28.5. The molecule has 0 nitrogen and oxygen atoms in total. The molecule has 0 radical (unpaired) electrons. The monoisotopic (exact) mass is 732 g/mol. The van der Waals surface area contributed by atoms with E-state index in [1.807, 2.05) is 0 Å². The third-order valence-corrected chi connectivity index (χ3v) is 11.4. The Kier molecular flexibility index (Phi) is 6.57. The maximum atomic E-state index is 2.63. The highest BCUT2D eigenvalue weighted by molar-refractivity contribution is 14.1. The van der Waals surface area contributed by atoms with E-state index in [2.05, 4.69) is 199 Å². The molecule has 0 heterocycles. The Bertz CT molecular complexity index is 2950. The van der Waals surface area contributed by atoms with E-state index in [1.54, 1.807) is 0 Å². The quantitative estimate of drug-likeness (QED) is 0.125. The van der Waals surface area contributed by atoms with Crippen molar-refractivity contribution in [2.75, 3.05) is 0 Å². The van der Waals surface area contributed by atoms with Crippen molar-refractivity contribution in [1.82, 2.24) is 0 Å². The topological polar surface area (TPSA) is 0 Å². The number of rotatable bonds is 3. The first-order chi connectivity index (χ1) is 24.2. The van der Waals surface area contributed by atoms with Crippen LogP contribution >= 0.6 is 22.6 Å². The zero-order valence-corrected chi connectivity index (χ0v) is 28.8. The van der Waals surface area contributed by atoms with Crippen molar-refractivity contribution >= 4 is 87.2 Å². The van der Waals surface area contributed by atoms with Crippen LogP contribution in [0.5, 0.6) is 0 Å². The normalized spacial score (nSPS) is 11.8. The molecule has 0 aromatic heterocycles. The number of halogens is 1. The minimum absolute atomic E-state index is 1.23. The lowest BCUT2D eigenvalue weighted by Gasteiger charge is -2.19. The van der Waals surface area contributed by atoms with Crippen molar-refractivity contribution < 1.29 is 0 Å². The molecule has 10 aromatic carbocycles. The number of fused-ring (bicyclic) bond motifs is 8. The fourth-order valence-electron chi connectivity index (χ4n) is 7.82. The van der Waals surface area contributed by atoms with Crippen LogP contribution in [0.15, 0.2) is 176 Å². The van der Waals surface area contributed by atoms with Gasteiger partial charge in [-0.25, -0.2) is 0 Å². The summed E-state index contributed by atoms with van der Waals surface area (Å²) in [7, 11) is 0. The van der Waals surface area contributed by atoms with Crippen LogP contribution in [-0.4, -0.2) is 0 Å². The zero-order valence-electron chi connectivity index (χ0n) is 26.6. The molecule has 0 aliphatic heterocycles. The summed E-state index contributed by atoms with van der Waals surface area (Å²) < 4.78 is 1.28. The Labute approximate surface area is 298 Å². The Morgan fingerprint density at radius 1 is 0.265 bits per heavy atom. The Morgan fingerprint density at radius 2 is 0.694 bits per heavy atom. The molecule has 0 saturated carbocycles. The second-order valence-electron chi connectivity index (χ2n) is 13.0. The Morgan fingerprint density at radius 3 is 1.33 bits per heavy atom. The summed E-state index contributed by atoms with van der Waals surface area (Å²) in [6.45, 7) is 0. The van der Waals surface area contributed by atoms with Gasteiger partial charge in [-0.3, -0.25) is 0 Å². The van der Waals surface area contributed by atoms with Crippen molar-refractivity contribution in [1.29, 1.82) is 0 Å². The van der Waals surface area contributed by atoms with E-state index in [0.29, 0.717) is 0 Å². The molecular weight excluding hydrogens is 703 g/mol. The third kappa shape index (κ3) is 4.64. The minimum Gasteiger partial charge on any atom is -0.0616 e. The molecule has 228 valence electrons. The van der Waals surface area contributed by atoms with Gasteiger partial charge in [0.1, 0.15) is 0 Å². The number of hydrogen-bond acceptors (Lipinski definition) is 0. The van der Waals surface area contributed by atoms with Gasteiger partial charge in [-0.2, -0.15) is 0 Å². The molecule has 0 bridgehead atoms. The first-order valence-electron chi connectivity index (χ1n) is 16.8. The molecule has 10 aromatic rings. The van der Waals surface area contributed by atoms with Gasteiger partial charge in [0.05, 0.1) is 0 Å². The lowest BCUT2D eigenvalue weighted by Crippen LogP contribution is -1.93. The highest BCUT2D eigenvalue weighted by Crippen LogP contribution is 2.46. The molecule has 0 aliphatic rings. The standard InChI is InChI=1S/C48H29I/c49-48-46-28-37(35-20-18-31-10-2-4-12-33(31)26-35)22-24-43(46)42-23-21-36(34-19-17-30-9-1-3-11-32(30)25-34)27-44(42)47(48)45-29-38-13-5-6-14-39(38)40-15-7-8-16-41(40)45/h1-29H. The lowest BCUT2D eigenvalue weighted by molar-refractivity contribution is 1.65. The minimum atomic E-state index is 1.23. The SMILES string of the molecule is Ic1c(-c2cc3ccccc3c3ccccc23)c2cc(-c3ccc4ccccc4c3)ccc2c2ccc(-c3ccc4ccccc4c3)cc12. The van der Waals surface area contributed by atoms with Gasteiger partial charge in [-0.15, -0.1) is 0 Å². The molecule has 0 saturated heterocycles. The maximum Gasteiger partial charge on any atom is 0.0294 e. The summed E-state index contributed by atoms with van der Waals surface area (Å²) in [6, 6.07) is 65.1. The summed E-state index contributed by atoms with van der Waals surface area (Å²) in [6.07, 6.45) is 0. The Hall–Kier alpha value is -5.51. The molecule has 10 rings (SSSR count). The van der Waals surface area contributed by atoms with E-state index in [4.69, 9.17) is 0 Å². The number of benzene rings is 10. The van der Waals surface area contributed by atoms with Gasteiger partial charge in [0.25, 0.3) is 0 Å². The summed E-state index contributed by atoms with van der Waals surface area (Å²) in [4.78, 5) is 0. The van der Waals surface area contributed by atoms with Crippen molar-refractivity contribution in [2.24, 2.45) is 0 Å². The van der Waals surface area contributed by atoms with Crippen LogP contribution < -0.4 is 0 Å². The third-order valence-electron chi connectivity index (χ3n) is 10.3. The molecule has 0 fully saturated rings. The highest BCUT2D eigenvalue weighted by Gasteiger charge is 2.19. The average Bonchev–Trinajstić information content (AvgIpc) is 3.17. The van der Waals surface area contributed by atoms with Gasteiger partial charge >= 0.3 is 0 Å². The summed E-state index contributed by atoms with van der Waals surface area (Å²) >= 11 is 2.63. The fraction of sp³-hybridized carbons (Fsp3) is 0. The molecule has 0 N–H and O–H groups in total. The highest BCUT2D eigenvalue weighted by atomic mass is 127. The van der Waals surface area contributed by atoms with Crippen LogP contribution in [0, 0.1) is 3.57 Å². The predicted octanol–water partition coefficient (Wildman–Crippen LogP) is 14.2. The van der Waals surface area contributed by atoms with Crippen molar-refractivity contribution in [3.05, 3.63) is 179 Å². The van der Waals surface area contributed by atoms with E-state index in [0.717, 1.165) is 0 Å². The van der Waals surface area contributed by atoms with Crippen LogP contribution in [0.4, 0.5) is 0 Å². The molecule has 0 amide bonds. The average molecular weight is 733 g/mol. The fourth-order valence-corrected chi connectivity index (χ4v) is 8.85. The molecule has 0 spiro atoms. The second kappa shape index (κ2) is 11.3. The van der Waals surface area contributed by atoms with Crippen LogP contribution in [0.1, 0.15) is 0 Å². The second-order valence-corrected chi connectivity index (χ2v) is 14.1. The zero-order chi connectivity index (χ0) is 32.5. The van der Waals surface area contributed by atoms with Crippen molar-refractivity contribution in [2.45, 2.75) is 0 Å². The summed E-state index contributed by atoms with van der Waals surface area (Å²) in [5.41, 5.74) is 7.50. The van der Waals surface area contributed by atoms with Crippen molar-refractivity contribution in [3.8, 4) is 33.4 Å². The van der Waals surface area contributed by atoms with Crippen LogP contribution in [-0.2, 0) is 0 Å². The van der Waals surface area contributed by atoms with Crippen LogP contribution in [0.2, 0.25) is 0 Å². The largest absolute Gasteiger partial charge is 0.0616 e. The molecule has 49 heavy (non-hydrogen) atoms. The number of hydrogen-bond donors (Lipinski definition) is 0. The lowest BCUT2D eigenvalue weighted by atomic mass is 9.86. The molecule has 1 heteroatoms. The predicted molar refractivity (Wildman–Crippen MR) is 221 cm³/mol.